The zero-order chi connectivity index (χ0) is 8.81. The van der Waals surface area contributed by atoms with Gasteiger partial charge in [0.05, 0.1) is 6.20 Å². The van der Waals surface area contributed by atoms with Gasteiger partial charge in [0.25, 0.3) is 0 Å². The molecular formula is C6H8ClN3O2. The van der Waals surface area contributed by atoms with Crippen LogP contribution in [0.5, 0.6) is 0 Å². The number of halogens is 1. The van der Waals surface area contributed by atoms with Crippen LogP contribution in [0.25, 0.3) is 0 Å². The molecule has 0 atom stereocenters. The Morgan fingerprint density at radius 2 is 2.58 bits per heavy atom. The smallest absolute Gasteiger partial charge is 0.321 e. The van der Waals surface area contributed by atoms with Gasteiger partial charge in [0.2, 0.25) is 5.88 Å². The number of carbonyl (C=O) groups is 1. The molecule has 0 bridgehead atoms. The molecule has 0 fully saturated rings. The Morgan fingerprint density at radius 1 is 1.75 bits per heavy atom. The number of aromatic nitrogens is 1. The summed E-state index contributed by atoms with van der Waals surface area (Å²) in [5, 5.41) is 8.33. The molecular weight excluding hydrogens is 182 g/mol. The fraction of sp³-hybridized carbons (Fsp3) is 0.333. The van der Waals surface area contributed by atoms with E-state index in [2.05, 4.69) is 20.3 Å². The second-order valence-corrected chi connectivity index (χ2v) is 2.32. The molecule has 12 heavy (non-hydrogen) atoms. The van der Waals surface area contributed by atoms with Gasteiger partial charge in [-0.05, 0) is 0 Å². The maximum Gasteiger partial charge on any atom is 0.321 e. The van der Waals surface area contributed by atoms with Crippen LogP contribution in [-0.2, 0) is 0 Å². The van der Waals surface area contributed by atoms with E-state index in [1.807, 2.05) is 0 Å². The molecule has 1 heterocycles. The van der Waals surface area contributed by atoms with Crippen molar-refractivity contribution in [3.63, 3.8) is 0 Å². The van der Waals surface area contributed by atoms with Crippen LogP contribution in [0.4, 0.5) is 10.7 Å². The second kappa shape index (κ2) is 4.61. The Labute approximate surface area is 74.1 Å². The summed E-state index contributed by atoms with van der Waals surface area (Å²) in [6.07, 6.45) is 1.44. The normalized spacial score (nSPS) is 9.42. The van der Waals surface area contributed by atoms with Crippen molar-refractivity contribution in [2.45, 2.75) is 0 Å². The average Bonchev–Trinajstić information content (AvgIpc) is 2.53. The summed E-state index contributed by atoms with van der Waals surface area (Å²) in [6.45, 7) is 0.418. The van der Waals surface area contributed by atoms with Gasteiger partial charge in [-0.3, -0.25) is 5.32 Å². The minimum Gasteiger partial charge on any atom is -0.338 e. The second-order valence-electron chi connectivity index (χ2n) is 1.95. The number of nitrogens with zero attached hydrogens (tertiary/aromatic N) is 1. The molecule has 5 nitrogen and oxygen atoms in total. The Morgan fingerprint density at radius 3 is 3.17 bits per heavy atom. The number of amides is 2. The molecule has 0 aliphatic rings. The van der Waals surface area contributed by atoms with Crippen molar-refractivity contribution >= 4 is 23.5 Å². The number of hydrogen-bond acceptors (Lipinski definition) is 3. The van der Waals surface area contributed by atoms with E-state index in [0.29, 0.717) is 18.3 Å². The Hall–Kier alpha value is -1.23. The first-order valence-corrected chi connectivity index (χ1v) is 3.88. The summed E-state index contributed by atoms with van der Waals surface area (Å²) in [7, 11) is 0. The number of hydrogen-bond donors (Lipinski definition) is 2. The number of rotatable bonds is 3. The van der Waals surface area contributed by atoms with Crippen LogP contribution in [0.3, 0.4) is 0 Å². The third-order valence-corrected chi connectivity index (χ3v) is 1.24. The maximum atomic E-state index is 10.9. The first-order valence-electron chi connectivity index (χ1n) is 3.34. The molecule has 0 aliphatic carbocycles. The number of anilines is 1. The highest BCUT2D eigenvalue weighted by Gasteiger charge is 2.01. The molecule has 0 unspecified atom stereocenters. The molecule has 1 aromatic heterocycles. The lowest BCUT2D eigenvalue weighted by atomic mass is 10.6. The van der Waals surface area contributed by atoms with E-state index < -0.39 is 0 Å². The molecule has 0 saturated heterocycles. The van der Waals surface area contributed by atoms with Crippen molar-refractivity contribution in [1.82, 2.24) is 10.5 Å². The molecule has 0 aromatic carbocycles. The molecule has 1 rings (SSSR count). The predicted molar refractivity (Wildman–Crippen MR) is 44.2 cm³/mol. The van der Waals surface area contributed by atoms with Gasteiger partial charge in [-0.2, -0.15) is 0 Å². The van der Waals surface area contributed by atoms with Crippen LogP contribution in [0.15, 0.2) is 16.8 Å². The van der Waals surface area contributed by atoms with Crippen LogP contribution >= 0.6 is 11.6 Å². The predicted octanol–water partition coefficient (Wildman–Crippen LogP) is 1.03. The van der Waals surface area contributed by atoms with E-state index in [9.17, 15) is 4.79 Å². The van der Waals surface area contributed by atoms with Gasteiger partial charge in [-0.15, -0.1) is 11.6 Å². The Kier molecular flexibility index (Phi) is 3.40. The van der Waals surface area contributed by atoms with Crippen molar-refractivity contribution in [2.75, 3.05) is 17.7 Å². The lowest BCUT2D eigenvalue weighted by Gasteiger charge is -2.01. The zero-order valence-corrected chi connectivity index (χ0v) is 6.97. The average molecular weight is 190 g/mol. The van der Waals surface area contributed by atoms with Crippen molar-refractivity contribution in [2.24, 2.45) is 0 Å². The van der Waals surface area contributed by atoms with Gasteiger partial charge < -0.3 is 9.84 Å². The fourth-order valence-corrected chi connectivity index (χ4v) is 0.692. The molecule has 0 aliphatic heterocycles. The topological polar surface area (TPSA) is 67.2 Å². The quantitative estimate of drug-likeness (QED) is 0.698. The maximum absolute atomic E-state index is 10.9. The van der Waals surface area contributed by atoms with E-state index in [4.69, 9.17) is 11.6 Å². The van der Waals surface area contributed by atoms with Crippen LogP contribution < -0.4 is 10.6 Å². The van der Waals surface area contributed by atoms with Crippen molar-refractivity contribution in [3.8, 4) is 0 Å². The largest absolute Gasteiger partial charge is 0.338 e. The standard InChI is InChI=1S/C6H8ClN3O2/c7-2-4-8-6(11)10-5-1-3-9-12-5/h1,3H,2,4H2,(H2,8,10,11). The highest BCUT2D eigenvalue weighted by molar-refractivity contribution is 6.18. The van der Waals surface area contributed by atoms with Gasteiger partial charge in [-0.25, -0.2) is 4.79 Å². The Bertz CT molecular complexity index is 237. The lowest BCUT2D eigenvalue weighted by molar-refractivity contribution is 0.251. The van der Waals surface area contributed by atoms with Crippen LogP contribution in [-0.4, -0.2) is 23.6 Å². The Balaban J connectivity index is 2.27. The summed E-state index contributed by atoms with van der Waals surface area (Å²) < 4.78 is 4.63. The highest BCUT2D eigenvalue weighted by atomic mass is 35.5. The summed E-state index contributed by atoms with van der Waals surface area (Å²) in [4.78, 5) is 10.9. The van der Waals surface area contributed by atoms with Gasteiger partial charge in [0.15, 0.2) is 0 Å². The SMILES string of the molecule is O=C(NCCCl)Nc1ccno1. The van der Waals surface area contributed by atoms with E-state index in [-0.39, 0.29) is 6.03 Å². The summed E-state index contributed by atoms with van der Waals surface area (Å²) in [5.74, 6) is 0.686. The zero-order valence-electron chi connectivity index (χ0n) is 6.21. The van der Waals surface area contributed by atoms with Crippen LogP contribution in [0, 0.1) is 0 Å². The molecule has 6 heteroatoms. The van der Waals surface area contributed by atoms with Crippen LogP contribution in [0.1, 0.15) is 0 Å². The minimum atomic E-state index is -0.354. The first-order chi connectivity index (χ1) is 5.83. The lowest BCUT2D eigenvalue weighted by Crippen LogP contribution is -2.29. The van der Waals surface area contributed by atoms with Gasteiger partial charge in [0.1, 0.15) is 0 Å². The third kappa shape index (κ3) is 2.79. The number of alkyl halides is 1. The van der Waals surface area contributed by atoms with Gasteiger partial charge >= 0.3 is 6.03 Å². The highest BCUT2D eigenvalue weighted by Crippen LogP contribution is 2.02. The monoisotopic (exact) mass is 189 g/mol. The summed E-state index contributed by atoms with van der Waals surface area (Å²) >= 11 is 5.35. The molecule has 0 radical (unpaired) electrons. The van der Waals surface area contributed by atoms with Crippen LogP contribution in [0.2, 0.25) is 0 Å². The van der Waals surface area contributed by atoms with E-state index in [0.717, 1.165) is 0 Å². The van der Waals surface area contributed by atoms with Crippen molar-refractivity contribution in [3.05, 3.63) is 12.3 Å². The van der Waals surface area contributed by atoms with Gasteiger partial charge in [-0.1, -0.05) is 5.16 Å². The number of urea groups is 1. The van der Waals surface area contributed by atoms with Crippen molar-refractivity contribution in [1.29, 1.82) is 0 Å². The third-order valence-electron chi connectivity index (χ3n) is 1.05. The molecule has 0 saturated carbocycles. The van der Waals surface area contributed by atoms with Crippen molar-refractivity contribution < 1.29 is 9.32 Å². The first kappa shape index (κ1) is 8.86. The van der Waals surface area contributed by atoms with E-state index in [1.54, 1.807) is 6.07 Å². The number of carbonyl (C=O) groups excluding carboxylic acids is 1. The van der Waals surface area contributed by atoms with Gasteiger partial charge in [0, 0.05) is 18.5 Å². The summed E-state index contributed by atoms with van der Waals surface area (Å²) in [6, 6.07) is 1.19. The van der Waals surface area contributed by atoms with E-state index in [1.165, 1.54) is 6.20 Å². The molecule has 2 N–H and O–H groups in total. The number of nitrogens with one attached hydrogen (secondary N) is 2. The fourth-order valence-electron chi connectivity index (χ4n) is 0.597. The molecule has 2 amide bonds. The minimum absolute atomic E-state index is 0.307. The summed E-state index contributed by atoms with van der Waals surface area (Å²) in [5.41, 5.74) is 0. The molecule has 0 spiro atoms. The molecule has 66 valence electrons. The molecule has 1 aromatic rings. The van der Waals surface area contributed by atoms with E-state index >= 15 is 0 Å².